The minimum Gasteiger partial charge on any atom is -0.339 e. The van der Waals surface area contributed by atoms with E-state index in [9.17, 15) is 9.18 Å². The third-order valence-electron chi connectivity index (χ3n) is 4.48. The van der Waals surface area contributed by atoms with E-state index in [1.165, 1.54) is 12.1 Å². The summed E-state index contributed by atoms with van der Waals surface area (Å²) in [5.74, 6) is 0.238. The number of rotatable bonds is 4. The van der Waals surface area contributed by atoms with E-state index >= 15 is 0 Å². The van der Waals surface area contributed by atoms with E-state index in [0.29, 0.717) is 40.4 Å². The van der Waals surface area contributed by atoms with E-state index in [-0.39, 0.29) is 18.2 Å². The summed E-state index contributed by atoms with van der Waals surface area (Å²) in [5.41, 5.74) is 1.48. The van der Waals surface area contributed by atoms with Crippen LogP contribution in [0.5, 0.6) is 0 Å². The van der Waals surface area contributed by atoms with Crippen molar-refractivity contribution in [1.82, 2.24) is 15.0 Å². The summed E-state index contributed by atoms with van der Waals surface area (Å²) in [4.78, 5) is 18.4. The van der Waals surface area contributed by atoms with E-state index in [2.05, 4.69) is 10.1 Å². The van der Waals surface area contributed by atoms with Crippen LogP contribution in [0.3, 0.4) is 0 Å². The van der Waals surface area contributed by atoms with Crippen molar-refractivity contribution < 1.29 is 13.7 Å². The molecule has 0 saturated carbocycles. The van der Waals surface area contributed by atoms with Crippen LogP contribution < -0.4 is 0 Å². The first kappa shape index (κ1) is 17.9. The molecule has 1 fully saturated rings. The molecule has 4 rings (SSSR count). The second kappa shape index (κ2) is 7.29. The maximum atomic E-state index is 13.2. The Hall–Kier alpha value is -2.44. The summed E-state index contributed by atoms with van der Waals surface area (Å²) < 4.78 is 18.6. The molecule has 0 aliphatic carbocycles. The minimum atomic E-state index is -0.407. The van der Waals surface area contributed by atoms with Crippen LogP contribution in [0, 0.1) is 5.82 Å². The normalized spacial score (nSPS) is 16.9. The van der Waals surface area contributed by atoms with Gasteiger partial charge in [-0.3, -0.25) is 4.79 Å². The molecule has 0 bridgehead atoms. The molecule has 2 heterocycles. The van der Waals surface area contributed by atoms with Crippen LogP contribution in [0.2, 0.25) is 10.0 Å². The molecule has 138 valence electrons. The van der Waals surface area contributed by atoms with Crippen LogP contribution in [0.1, 0.15) is 23.8 Å². The monoisotopic (exact) mass is 405 g/mol. The first-order valence-electron chi connectivity index (χ1n) is 8.31. The minimum absolute atomic E-state index is 0.0355. The van der Waals surface area contributed by atoms with Gasteiger partial charge in [-0.25, -0.2) is 4.39 Å². The van der Waals surface area contributed by atoms with Crippen LogP contribution in [0.15, 0.2) is 47.0 Å². The zero-order valence-electron chi connectivity index (χ0n) is 14.0. The highest BCUT2D eigenvalue weighted by atomic mass is 35.5. The first-order valence-corrected chi connectivity index (χ1v) is 9.06. The smallest absolute Gasteiger partial charge is 0.232 e. The fourth-order valence-corrected chi connectivity index (χ4v) is 3.42. The molecule has 1 aliphatic heterocycles. The summed E-state index contributed by atoms with van der Waals surface area (Å²) in [6.07, 6.45) is 0.279. The van der Waals surface area contributed by atoms with Crippen molar-refractivity contribution in [2.45, 2.75) is 18.9 Å². The average Bonchev–Trinajstić information content (AvgIpc) is 3.25. The molecule has 1 atom stereocenters. The predicted molar refractivity (Wildman–Crippen MR) is 98.9 cm³/mol. The van der Waals surface area contributed by atoms with E-state index in [0.717, 1.165) is 5.56 Å². The van der Waals surface area contributed by atoms with Gasteiger partial charge in [-0.2, -0.15) is 4.98 Å². The summed E-state index contributed by atoms with van der Waals surface area (Å²) in [7, 11) is 0. The van der Waals surface area contributed by atoms with Crippen molar-refractivity contribution in [3.05, 3.63) is 69.8 Å². The Balaban J connectivity index is 1.48. The molecule has 8 heteroatoms. The second-order valence-electron chi connectivity index (χ2n) is 6.37. The second-order valence-corrected chi connectivity index (χ2v) is 7.22. The number of hydrogen-bond acceptors (Lipinski definition) is 4. The Kier molecular flexibility index (Phi) is 4.85. The highest BCUT2D eigenvalue weighted by Gasteiger charge is 2.34. The van der Waals surface area contributed by atoms with Gasteiger partial charge in [-0.15, -0.1) is 0 Å². The zero-order valence-corrected chi connectivity index (χ0v) is 15.5. The fourth-order valence-electron chi connectivity index (χ4n) is 3.06. The molecule has 2 aromatic carbocycles. The molecule has 0 radical (unpaired) electrons. The van der Waals surface area contributed by atoms with Gasteiger partial charge < -0.3 is 9.42 Å². The number of halogens is 3. The molecule has 0 spiro atoms. The van der Waals surface area contributed by atoms with Gasteiger partial charge in [-0.05, 0) is 42.0 Å². The number of benzene rings is 2. The molecule has 1 amide bonds. The molecule has 3 aromatic rings. The maximum Gasteiger partial charge on any atom is 0.232 e. The van der Waals surface area contributed by atoms with Gasteiger partial charge in [-0.1, -0.05) is 34.4 Å². The van der Waals surface area contributed by atoms with Crippen molar-refractivity contribution in [2.75, 3.05) is 6.54 Å². The van der Waals surface area contributed by atoms with Crippen molar-refractivity contribution >= 4 is 29.1 Å². The van der Waals surface area contributed by atoms with Crippen LogP contribution in [0.25, 0.3) is 11.4 Å². The SMILES string of the molecule is O=C1CC(c2nc(-c3ccc(Cl)cc3)no2)CN1Cc1ccc(F)cc1Cl. The molecule has 1 aromatic heterocycles. The summed E-state index contributed by atoms with van der Waals surface area (Å²) in [6.45, 7) is 0.751. The van der Waals surface area contributed by atoms with E-state index < -0.39 is 5.82 Å². The molecule has 0 N–H and O–H groups in total. The molecular formula is C19H14Cl2FN3O2. The highest BCUT2D eigenvalue weighted by molar-refractivity contribution is 6.31. The number of nitrogens with zero attached hydrogens (tertiary/aromatic N) is 3. The molecule has 1 aliphatic rings. The van der Waals surface area contributed by atoms with E-state index in [4.69, 9.17) is 27.7 Å². The maximum absolute atomic E-state index is 13.2. The van der Waals surface area contributed by atoms with Gasteiger partial charge in [0.05, 0.1) is 5.92 Å². The molecule has 1 unspecified atom stereocenters. The molecule has 5 nitrogen and oxygen atoms in total. The summed E-state index contributed by atoms with van der Waals surface area (Å²) in [6, 6.07) is 11.3. The Labute approximate surface area is 164 Å². The van der Waals surface area contributed by atoms with Gasteiger partial charge >= 0.3 is 0 Å². The highest BCUT2D eigenvalue weighted by Crippen LogP contribution is 2.31. The third kappa shape index (κ3) is 3.82. The lowest BCUT2D eigenvalue weighted by Crippen LogP contribution is -2.24. The number of likely N-dealkylation sites (tertiary alicyclic amines) is 1. The molecule has 1 saturated heterocycles. The van der Waals surface area contributed by atoms with Gasteiger partial charge in [0.2, 0.25) is 17.6 Å². The average molecular weight is 406 g/mol. The first-order chi connectivity index (χ1) is 13.0. The molecule has 27 heavy (non-hydrogen) atoms. The predicted octanol–water partition coefficient (Wildman–Crippen LogP) is 4.70. The third-order valence-corrected chi connectivity index (χ3v) is 5.09. The Morgan fingerprint density at radius 1 is 1.19 bits per heavy atom. The van der Waals surface area contributed by atoms with Crippen LogP contribution in [-0.2, 0) is 11.3 Å². The number of hydrogen-bond donors (Lipinski definition) is 0. The van der Waals surface area contributed by atoms with Gasteiger partial charge in [0.15, 0.2) is 0 Å². The van der Waals surface area contributed by atoms with E-state index in [1.807, 2.05) is 0 Å². The van der Waals surface area contributed by atoms with Gasteiger partial charge in [0.1, 0.15) is 5.82 Å². The largest absolute Gasteiger partial charge is 0.339 e. The van der Waals surface area contributed by atoms with Crippen molar-refractivity contribution in [3.8, 4) is 11.4 Å². The van der Waals surface area contributed by atoms with Crippen LogP contribution in [0.4, 0.5) is 4.39 Å². The van der Waals surface area contributed by atoms with Gasteiger partial charge in [0.25, 0.3) is 0 Å². The van der Waals surface area contributed by atoms with E-state index in [1.54, 1.807) is 35.2 Å². The topological polar surface area (TPSA) is 59.2 Å². The fraction of sp³-hybridized carbons (Fsp3) is 0.211. The van der Waals surface area contributed by atoms with Crippen LogP contribution >= 0.6 is 23.2 Å². The summed E-state index contributed by atoms with van der Waals surface area (Å²) in [5, 5.41) is 4.92. The number of aromatic nitrogens is 2. The van der Waals surface area contributed by atoms with Crippen molar-refractivity contribution in [2.24, 2.45) is 0 Å². The summed E-state index contributed by atoms with van der Waals surface area (Å²) >= 11 is 12.0. The molecular weight excluding hydrogens is 392 g/mol. The van der Waals surface area contributed by atoms with Crippen molar-refractivity contribution in [3.63, 3.8) is 0 Å². The van der Waals surface area contributed by atoms with Crippen molar-refractivity contribution in [1.29, 1.82) is 0 Å². The standard InChI is InChI=1S/C19H14Cl2FN3O2/c20-14-4-1-11(2-5-14)18-23-19(27-24-18)13-7-17(26)25(10-13)9-12-3-6-15(22)8-16(12)21/h1-6,8,13H,7,9-10H2. The Morgan fingerprint density at radius 2 is 1.96 bits per heavy atom. The number of carbonyl (C=O) groups excluding carboxylic acids is 1. The zero-order chi connectivity index (χ0) is 19.0. The number of amides is 1. The lowest BCUT2D eigenvalue weighted by atomic mass is 10.1. The Bertz CT molecular complexity index is 991. The van der Waals surface area contributed by atoms with Crippen LogP contribution in [-0.4, -0.2) is 27.5 Å². The Morgan fingerprint density at radius 3 is 2.70 bits per heavy atom. The van der Waals surface area contributed by atoms with Gasteiger partial charge in [0, 0.05) is 35.1 Å². The number of carbonyl (C=O) groups is 1. The lowest BCUT2D eigenvalue weighted by Gasteiger charge is -2.17. The lowest BCUT2D eigenvalue weighted by molar-refractivity contribution is -0.128. The quantitative estimate of drug-likeness (QED) is 0.631.